The van der Waals surface area contributed by atoms with Gasteiger partial charge in [-0.2, -0.15) is 5.10 Å². The third-order valence-corrected chi connectivity index (χ3v) is 4.32. The molecular formula is C21H27IN6O2. The van der Waals surface area contributed by atoms with Gasteiger partial charge >= 0.3 is 0 Å². The van der Waals surface area contributed by atoms with E-state index in [-0.39, 0.29) is 24.0 Å². The molecule has 0 atom stereocenters. The van der Waals surface area contributed by atoms with Crippen LogP contribution in [0.15, 0.2) is 60.1 Å². The van der Waals surface area contributed by atoms with Crippen LogP contribution in [0.25, 0.3) is 5.69 Å². The monoisotopic (exact) mass is 522 g/mol. The van der Waals surface area contributed by atoms with Crippen molar-refractivity contribution in [3.8, 4) is 17.2 Å². The molecule has 0 bridgehead atoms. The summed E-state index contributed by atoms with van der Waals surface area (Å²) in [5.74, 6) is 2.28. The van der Waals surface area contributed by atoms with Crippen LogP contribution in [0, 0.1) is 0 Å². The van der Waals surface area contributed by atoms with E-state index in [9.17, 15) is 0 Å². The Hall–Kier alpha value is -2.82. The van der Waals surface area contributed by atoms with Gasteiger partial charge in [0.15, 0.2) is 5.96 Å². The lowest BCUT2D eigenvalue weighted by molar-refractivity contribution is 0.390. The van der Waals surface area contributed by atoms with Crippen LogP contribution in [0.4, 0.5) is 0 Å². The van der Waals surface area contributed by atoms with Gasteiger partial charge in [0.1, 0.15) is 24.2 Å². The van der Waals surface area contributed by atoms with Gasteiger partial charge in [-0.1, -0.05) is 12.1 Å². The average Bonchev–Trinajstić information content (AvgIpc) is 3.31. The summed E-state index contributed by atoms with van der Waals surface area (Å²) in [6.45, 7) is 3.96. The van der Waals surface area contributed by atoms with Gasteiger partial charge in [0.05, 0.1) is 26.5 Å². The zero-order chi connectivity index (χ0) is 20.5. The molecule has 0 unspecified atom stereocenters. The standard InChI is InChI=1S/C21H26N6O2.HI/c1-4-23-21(25-13-17-7-10-19(28-2)11-20(17)29-3)24-12-16-5-8-18(9-6-16)27-15-22-14-26-27;/h5-11,14-15H,4,12-13H2,1-3H3,(H2,23,24,25);1H. The highest BCUT2D eigenvalue weighted by molar-refractivity contribution is 14.0. The fraction of sp³-hybridized carbons (Fsp3) is 0.286. The number of benzene rings is 2. The Balaban J connectivity index is 0.00000320. The van der Waals surface area contributed by atoms with Crippen LogP contribution in [0.1, 0.15) is 18.1 Å². The lowest BCUT2D eigenvalue weighted by Gasteiger charge is -2.14. The topological polar surface area (TPSA) is 85.6 Å². The Labute approximate surface area is 193 Å². The number of nitrogens with zero attached hydrogens (tertiary/aromatic N) is 4. The van der Waals surface area contributed by atoms with Gasteiger partial charge in [-0.05, 0) is 36.8 Å². The minimum absolute atomic E-state index is 0. The van der Waals surface area contributed by atoms with Crippen LogP contribution in [0.3, 0.4) is 0 Å². The maximum atomic E-state index is 5.46. The van der Waals surface area contributed by atoms with Crippen LogP contribution in [0.2, 0.25) is 0 Å². The number of aromatic nitrogens is 3. The second-order valence-electron chi connectivity index (χ2n) is 6.23. The van der Waals surface area contributed by atoms with E-state index in [0.29, 0.717) is 13.1 Å². The number of nitrogens with one attached hydrogen (secondary N) is 2. The highest BCUT2D eigenvalue weighted by atomic mass is 127. The van der Waals surface area contributed by atoms with Crippen LogP contribution in [0.5, 0.6) is 11.5 Å². The van der Waals surface area contributed by atoms with Crippen LogP contribution < -0.4 is 20.1 Å². The SMILES string of the molecule is CCNC(=NCc1ccc(-n2cncn2)cc1)NCc1ccc(OC)cc1OC.I. The van der Waals surface area contributed by atoms with Crippen molar-refractivity contribution in [2.45, 2.75) is 20.0 Å². The van der Waals surface area contributed by atoms with Crippen LogP contribution in [-0.2, 0) is 13.1 Å². The Kier molecular flexibility index (Phi) is 9.39. The molecule has 0 amide bonds. The van der Waals surface area contributed by atoms with Gasteiger partial charge in [-0.15, -0.1) is 24.0 Å². The Morgan fingerprint density at radius 2 is 1.87 bits per heavy atom. The summed E-state index contributed by atoms with van der Waals surface area (Å²) in [5.41, 5.74) is 3.09. The highest BCUT2D eigenvalue weighted by Crippen LogP contribution is 2.24. The third-order valence-electron chi connectivity index (χ3n) is 4.32. The summed E-state index contributed by atoms with van der Waals surface area (Å²) in [6, 6.07) is 13.9. The summed E-state index contributed by atoms with van der Waals surface area (Å²) in [4.78, 5) is 8.64. The largest absolute Gasteiger partial charge is 0.497 e. The Morgan fingerprint density at radius 3 is 2.50 bits per heavy atom. The molecule has 30 heavy (non-hydrogen) atoms. The molecule has 0 radical (unpaired) electrons. The van der Waals surface area contributed by atoms with Crippen molar-refractivity contribution in [1.29, 1.82) is 0 Å². The number of rotatable bonds is 8. The first kappa shape index (κ1) is 23.5. The molecule has 2 N–H and O–H groups in total. The Morgan fingerprint density at radius 1 is 1.07 bits per heavy atom. The molecule has 3 aromatic rings. The predicted octanol–water partition coefficient (Wildman–Crippen LogP) is 3.16. The smallest absolute Gasteiger partial charge is 0.191 e. The lowest BCUT2D eigenvalue weighted by Crippen LogP contribution is -2.36. The molecule has 0 saturated heterocycles. The van der Waals surface area contributed by atoms with E-state index in [2.05, 4.69) is 25.7 Å². The van der Waals surface area contributed by atoms with E-state index in [0.717, 1.165) is 40.8 Å². The van der Waals surface area contributed by atoms with Crippen molar-refractivity contribution in [2.75, 3.05) is 20.8 Å². The van der Waals surface area contributed by atoms with Crippen LogP contribution in [-0.4, -0.2) is 41.5 Å². The van der Waals surface area contributed by atoms with E-state index < -0.39 is 0 Å². The second kappa shape index (κ2) is 12.0. The molecule has 1 aromatic heterocycles. The fourth-order valence-electron chi connectivity index (χ4n) is 2.78. The molecule has 0 spiro atoms. The minimum Gasteiger partial charge on any atom is -0.497 e. The molecule has 1 heterocycles. The first-order chi connectivity index (χ1) is 14.2. The molecule has 2 aromatic carbocycles. The minimum atomic E-state index is 0. The molecule has 0 fully saturated rings. The molecule has 0 aliphatic rings. The van der Waals surface area contributed by atoms with E-state index in [1.165, 1.54) is 6.33 Å². The number of hydrogen-bond acceptors (Lipinski definition) is 5. The zero-order valence-corrected chi connectivity index (χ0v) is 19.7. The van der Waals surface area contributed by atoms with E-state index in [1.54, 1.807) is 25.2 Å². The predicted molar refractivity (Wildman–Crippen MR) is 128 cm³/mol. The molecule has 0 aliphatic heterocycles. The van der Waals surface area contributed by atoms with Crippen LogP contribution >= 0.6 is 24.0 Å². The third kappa shape index (κ3) is 6.34. The number of hydrogen-bond donors (Lipinski definition) is 2. The van der Waals surface area contributed by atoms with Gasteiger partial charge in [0, 0.05) is 24.7 Å². The number of halogens is 1. The summed E-state index contributed by atoms with van der Waals surface area (Å²) < 4.78 is 12.4. The maximum absolute atomic E-state index is 5.46. The van der Waals surface area contributed by atoms with Crippen molar-refractivity contribution in [2.24, 2.45) is 4.99 Å². The summed E-state index contributed by atoms with van der Waals surface area (Å²) in [7, 11) is 3.29. The summed E-state index contributed by atoms with van der Waals surface area (Å²) >= 11 is 0. The zero-order valence-electron chi connectivity index (χ0n) is 17.3. The maximum Gasteiger partial charge on any atom is 0.191 e. The van der Waals surface area contributed by atoms with Gasteiger partial charge < -0.3 is 20.1 Å². The molecule has 8 nitrogen and oxygen atoms in total. The highest BCUT2D eigenvalue weighted by Gasteiger charge is 2.06. The van der Waals surface area contributed by atoms with E-state index in [4.69, 9.17) is 9.47 Å². The van der Waals surface area contributed by atoms with Gasteiger partial charge in [-0.25, -0.2) is 14.7 Å². The number of guanidine groups is 1. The first-order valence-corrected chi connectivity index (χ1v) is 9.40. The van der Waals surface area contributed by atoms with Gasteiger partial charge in [-0.3, -0.25) is 0 Å². The molecule has 0 aliphatic carbocycles. The number of ether oxygens (including phenoxy) is 2. The second-order valence-corrected chi connectivity index (χ2v) is 6.23. The van der Waals surface area contributed by atoms with Gasteiger partial charge in [0.25, 0.3) is 0 Å². The molecular weight excluding hydrogens is 495 g/mol. The van der Waals surface area contributed by atoms with Crippen molar-refractivity contribution in [3.05, 3.63) is 66.2 Å². The summed E-state index contributed by atoms with van der Waals surface area (Å²) in [6.07, 6.45) is 3.19. The van der Waals surface area contributed by atoms with E-state index in [1.807, 2.05) is 49.4 Å². The molecule has 160 valence electrons. The fourth-order valence-corrected chi connectivity index (χ4v) is 2.78. The quantitative estimate of drug-likeness (QED) is 0.269. The first-order valence-electron chi connectivity index (χ1n) is 9.40. The van der Waals surface area contributed by atoms with E-state index >= 15 is 0 Å². The Bertz CT molecular complexity index is 929. The number of aliphatic imine (C=N–C) groups is 1. The molecule has 3 rings (SSSR count). The van der Waals surface area contributed by atoms with Crippen molar-refractivity contribution in [3.63, 3.8) is 0 Å². The van der Waals surface area contributed by atoms with Crippen molar-refractivity contribution in [1.82, 2.24) is 25.4 Å². The molecule has 0 saturated carbocycles. The van der Waals surface area contributed by atoms with Gasteiger partial charge in [0.2, 0.25) is 0 Å². The van der Waals surface area contributed by atoms with Crippen molar-refractivity contribution < 1.29 is 9.47 Å². The lowest BCUT2D eigenvalue weighted by atomic mass is 10.2. The average molecular weight is 522 g/mol. The normalized spacial score (nSPS) is 10.8. The molecule has 9 heteroatoms. The number of methoxy groups -OCH3 is 2. The van der Waals surface area contributed by atoms with Crippen molar-refractivity contribution >= 4 is 29.9 Å². The summed E-state index contributed by atoms with van der Waals surface area (Å²) in [5, 5.41) is 10.7.